The number of rotatable bonds is 13. The molecule has 3 N–H and O–H groups in total. The van der Waals surface area contributed by atoms with Crippen molar-refractivity contribution in [3.8, 4) is 11.5 Å². The van der Waals surface area contributed by atoms with Crippen LogP contribution in [0.2, 0.25) is 5.02 Å². The maximum Gasteiger partial charge on any atom is 0.340 e. The van der Waals surface area contributed by atoms with Crippen LogP contribution in [-0.2, 0) is 11.2 Å². The summed E-state index contributed by atoms with van der Waals surface area (Å²) in [7, 11) is 0. The van der Waals surface area contributed by atoms with Crippen molar-refractivity contribution in [3.63, 3.8) is 0 Å². The van der Waals surface area contributed by atoms with Crippen molar-refractivity contribution in [2.45, 2.75) is 62.1 Å². The van der Waals surface area contributed by atoms with Gasteiger partial charge in [0, 0.05) is 22.8 Å². The fourth-order valence-electron chi connectivity index (χ4n) is 3.85. The van der Waals surface area contributed by atoms with E-state index in [1.165, 1.54) is 18.0 Å². The fourth-order valence-corrected chi connectivity index (χ4v) is 5.43. The average molecular weight is 483 g/mol. The Balaban J connectivity index is 1.61. The highest BCUT2D eigenvalue weighted by Gasteiger charge is 2.22. The third-order valence-corrected chi connectivity index (χ3v) is 7.09. The van der Waals surface area contributed by atoms with Gasteiger partial charge in [-0.1, -0.05) is 31.4 Å². The van der Waals surface area contributed by atoms with Crippen LogP contribution in [0.1, 0.15) is 61.4 Å². The number of aromatic amines is 1. The van der Waals surface area contributed by atoms with Crippen LogP contribution >= 0.6 is 23.4 Å². The molecule has 0 spiro atoms. The van der Waals surface area contributed by atoms with Gasteiger partial charge < -0.3 is 19.7 Å². The molecule has 32 heavy (non-hydrogen) atoms. The van der Waals surface area contributed by atoms with Crippen molar-refractivity contribution in [1.82, 2.24) is 10.2 Å². The Morgan fingerprint density at radius 3 is 2.66 bits per heavy atom. The van der Waals surface area contributed by atoms with Crippen LogP contribution in [0, 0.1) is 5.92 Å². The molecular weight excluding hydrogens is 456 g/mol. The molecule has 2 aromatic rings. The highest BCUT2D eigenvalue weighted by molar-refractivity contribution is 7.99. The number of H-pyrrole nitrogens is 1. The molecule has 2 unspecified atom stereocenters. The second-order valence-electron chi connectivity index (χ2n) is 7.84. The molecule has 0 saturated carbocycles. The molecule has 0 fully saturated rings. The molecule has 2 atom stereocenters. The largest absolute Gasteiger partial charge is 0.481 e. The minimum atomic E-state index is -1.00. The SMILES string of the molecule is CCCC(CCCC(CC(=O)O)Cc1cc2c(cc1Cl)OCO2)Sc1[nH]ncc1C(=O)O. The first kappa shape index (κ1) is 24.3. The third-order valence-electron chi connectivity index (χ3n) is 5.38. The van der Waals surface area contributed by atoms with Crippen LogP contribution in [0.15, 0.2) is 23.4 Å². The number of halogens is 1. The quantitative estimate of drug-likeness (QED) is 0.331. The van der Waals surface area contributed by atoms with Crippen LogP contribution in [0.25, 0.3) is 0 Å². The number of thioether (sulfide) groups is 1. The summed E-state index contributed by atoms with van der Waals surface area (Å²) in [6.45, 7) is 2.25. The van der Waals surface area contributed by atoms with Crippen LogP contribution in [0.3, 0.4) is 0 Å². The maximum absolute atomic E-state index is 11.4. The van der Waals surface area contributed by atoms with Crippen LogP contribution in [-0.4, -0.2) is 44.4 Å². The molecule has 174 valence electrons. The molecule has 2 heterocycles. The van der Waals surface area contributed by atoms with E-state index in [1.807, 2.05) is 6.07 Å². The van der Waals surface area contributed by atoms with Crippen LogP contribution < -0.4 is 9.47 Å². The molecule has 1 aromatic carbocycles. The van der Waals surface area contributed by atoms with Gasteiger partial charge in [0.15, 0.2) is 11.5 Å². The van der Waals surface area contributed by atoms with E-state index < -0.39 is 11.9 Å². The van der Waals surface area contributed by atoms with Gasteiger partial charge in [0.05, 0.1) is 6.20 Å². The number of benzene rings is 1. The zero-order valence-corrected chi connectivity index (χ0v) is 19.4. The predicted octanol–water partition coefficient (Wildman–Crippen LogP) is 5.25. The van der Waals surface area contributed by atoms with Crippen molar-refractivity contribution in [3.05, 3.63) is 34.5 Å². The van der Waals surface area contributed by atoms with Gasteiger partial charge in [-0.3, -0.25) is 9.89 Å². The number of carbonyl (C=O) groups is 2. The van der Waals surface area contributed by atoms with Gasteiger partial charge in [-0.15, -0.1) is 11.8 Å². The number of hydrogen-bond donors (Lipinski definition) is 3. The van der Waals surface area contributed by atoms with E-state index >= 15 is 0 Å². The minimum Gasteiger partial charge on any atom is -0.481 e. The van der Waals surface area contributed by atoms with Gasteiger partial charge in [-0.2, -0.15) is 5.10 Å². The summed E-state index contributed by atoms with van der Waals surface area (Å²) in [6.07, 6.45) is 6.23. The first-order valence-corrected chi connectivity index (χ1v) is 11.9. The second-order valence-corrected chi connectivity index (χ2v) is 9.56. The summed E-state index contributed by atoms with van der Waals surface area (Å²) in [5.74, 6) is -0.674. The molecule has 1 aromatic heterocycles. The molecular formula is C22H27ClN2O6S. The van der Waals surface area contributed by atoms with Crippen LogP contribution in [0.4, 0.5) is 0 Å². The number of hydrogen-bond acceptors (Lipinski definition) is 6. The van der Waals surface area contributed by atoms with E-state index in [2.05, 4.69) is 17.1 Å². The monoisotopic (exact) mass is 482 g/mol. The fraction of sp³-hybridized carbons (Fsp3) is 0.500. The van der Waals surface area contributed by atoms with E-state index in [1.54, 1.807) is 6.07 Å². The van der Waals surface area contributed by atoms with Crippen molar-refractivity contribution in [2.24, 2.45) is 5.92 Å². The predicted molar refractivity (Wildman–Crippen MR) is 121 cm³/mol. The number of fused-ring (bicyclic) bond motifs is 1. The molecule has 3 rings (SSSR count). The molecule has 0 bridgehead atoms. The lowest BCUT2D eigenvalue weighted by Crippen LogP contribution is -2.13. The van der Waals surface area contributed by atoms with Gasteiger partial charge >= 0.3 is 11.9 Å². The van der Waals surface area contributed by atoms with Crippen LogP contribution in [0.5, 0.6) is 11.5 Å². The smallest absolute Gasteiger partial charge is 0.340 e. The number of nitrogens with zero attached hydrogens (tertiary/aromatic N) is 1. The highest BCUT2D eigenvalue weighted by atomic mass is 35.5. The molecule has 0 aliphatic carbocycles. The molecule has 0 saturated heterocycles. The summed E-state index contributed by atoms with van der Waals surface area (Å²) in [5.41, 5.74) is 1.03. The summed E-state index contributed by atoms with van der Waals surface area (Å²) in [4.78, 5) is 22.8. The number of aliphatic carboxylic acids is 1. The second kappa shape index (κ2) is 11.5. The first-order chi connectivity index (χ1) is 15.4. The van der Waals surface area contributed by atoms with Gasteiger partial charge in [0.2, 0.25) is 6.79 Å². The van der Waals surface area contributed by atoms with Crippen molar-refractivity contribution >= 4 is 35.3 Å². The van der Waals surface area contributed by atoms with Gasteiger partial charge in [0.1, 0.15) is 10.6 Å². The summed E-state index contributed by atoms with van der Waals surface area (Å²) < 4.78 is 10.8. The minimum absolute atomic E-state index is 0.0556. The lowest BCUT2D eigenvalue weighted by Gasteiger charge is -2.19. The molecule has 1 aliphatic rings. The molecule has 0 radical (unpaired) electrons. The molecule has 10 heteroatoms. The van der Waals surface area contributed by atoms with Crippen molar-refractivity contribution < 1.29 is 29.3 Å². The number of ether oxygens (including phenoxy) is 2. The van der Waals surface area contributed by atoms with E-state index in [-0.39, 0.29) is 29.9 Å². The van der Waals surface area contributed by atoms with E-state index in [9.17, 15) is 19.8 Å². The van der Waals surface area contributed by atoms with Gasteiger partial charge in [-0.25, -0.2) is 4.79 Å². The average Bonchev–Trinajstić information content (AvgIpc) is 3.37. The number of nitrogens with one attached hydrogen (secondary N) is 1. The maximum atomic E-state index is 11.4. The Labute approximate surface area is 195 Å². The highest BCUT2D eigenvalue weighted by Crippen LogP contribution is 2.38. The zero-order valence-electron chi connectivity index (χ0n) is 17.8. The molecule has 8 nitrogen and oxygen atoms in total. The molecule has 1 aliphatic heterocycles. The summed E-state index contributed by atoms with van der Waals surface area (Å²) >= 11 is 7.88. The Morgan fingerprint density at radius 2 is 1.97 bits per heavy atom. The number of aromatic carboxylic acids is 1. The lowest BCUT2D eigenvalue weighted by atomic mass is 9.90. The number of carboxylic acids is 2. The first-order valence-electron chi connectivity index (χ1n) is 10.6. The van der Waals surface area contributed by atoms with Gasteiger partial charge in [0.25, 0.3) is 0 Å². The van der Waals surface area contributed by atoms with E-state index in [0.717, 1.165) is 37.7 Å². The topological polar surface area (TPSA) is 122 Å². The Morgan fingerprint density at radius 1 is 1.22 bits per heavy atom. The Bertz CT molecular complexity index is 950. The van der Waals surface area contributed by atoms with Crippen molar-refractivity contribution in [2.75, 3.05) is 6.79 Å². The van der Waals surface area contributed by atoms with Crippen molar-refractivity contribution in [1.29, 1.82) is 0 Å². The zero-order chi connectivity index (χ0) is 23.1. The summed E-state index contributed by atoms with van der Waals surface area (Å²) in [5, 5.41) is 26.6. The Hall–Kier alpha value is -2.39. The normalized spacial score (nSPS) is 14.3. The Kier molecular flexibility index (Phi) is 8.69. The summed E-state index contributed by atoms with van der Waals surface area (Å²) in [6, 6.07) is 3.55. The standard InChI is InChI=1S/C22H27ClN2O6S/c1-2-4-15(32-21-16(22(28)29)11-24-25-21)6-3-5-13(8-20(26)27)7-14-9-18-19(10-17(14)23)31-12-30-18/h9-11,13,15H,2-8,12H2,1H3,(H,24,25)(H,26,27)(H,28,29). The molecule has 0 amide bonds. The third kappa shape index (κ3) is 6.56. The lowest BCUT2D eigenvalue weighted by molar-refractivity contribution is -0.138. The van der Waals surface area contributed by atoms with E-state index in [0.29, 0.717) is 28.0 Å². The van der Waals surface area contributed by atoms with Gasteiger partial charge in [-0.05, 0) is 43.2 Å². The van der Waals surface area contributed by atoms with E-state index in [4.69, 9.17) is 21.1 Å². The number of aromatic nitrogens is 2. The number of carboxylic acid groups (broad SMARTS) is 2.